The number of hydrogen-bond donors (Lipinski definition) is 8. The second-order valence-corrected chi connectivity index (χ2v) is 8.97. The molecule has 0 rings (SSSR count). The molecule has 2 unspecified atom stereocenters. The van der Waals surface area contributed by atoms with Crippen LogP contribution in [0.3, 0.4) is 0 Å². The molecule has 0 fully saturated rings. The standard InChI is InChI=1S/C24H47NO9/c1-2-3-4-5-6-7-8-9-10-11-12-13-14-18(26)21(30)17(25)16-34-24(33)23(32)22(31)19(27)15-20(28)29/h17-19,21,24,26-27,30-33H,2-16,25H2,1H3,(H,28,29)/b23-22+/t17-,18+,19?,21-,24?/m0/s1. The number of carbonyl (C=O) groups is 1. The smallest absolute Gasteiger partial charge is 0.306 e. The maximum Gasteiger partial charge on any atom is 0.306 e. The number of aliphatic hydroxyl groups excluding tert-OH is 6. The van der Waals surface area contributed by atoms with Gasteiger partial charge in [0.1, 0.15) is 6.10 Å². The lowest BCUT2D eigenvalue weighted by Gasteiger charge is -2.25. The first-order valence-electron chi connectivity index (χ1n) is 12.5. The molecule has 0 bridgehead atoms. The molecular weight excluding hydrogens is 446 g/mol. The summed E-state index contributed by atoms with van der Waals surface area (Å²) in [6, 6.07) is -1.08. The van der Waals surface area contributed by atoms with Crippen molar-refractivity contribution in [1.29, 1.82) is 0 Å². The highest BCUT2D eigenvalue weighted by Crippen LogP contribution is 2.15. The summed E-state index contributed by atoms with van der Waals surface area (Å²) in [4.78, 5) is 10.5. The van der Waals surface area contributed by atoms with Crippen molar-refractivity contribution in [3.63, 3.8) is 0 Å². The molecule has 0 radical (unpaired) electrons. The van der Waals surface area contributed by atoms with E-state index in [1.54, 1.807) is 0 Å². The summed E-state index contributed by atoms with van der Waals surface area (Å²) in [5.74, 6) is -3.72. The first-order chi connectivity index (χ1) is 16.1. The van der Waals surface area contributed by atoms with E-state index in [1.807, 2.05) is 0 Å². The van der Waals surface area contributed by atoms with Crippen LogP contribution in [0.4, 0.5) is 0 Å². The molecule has 9 N–H and O–H groups in total. The summed E-state index contributed by atoms with van der Waals surface area (Å²) in [5, 5.41) is 67.2. The lowest BCUT2D eigenvalue weighted by molar-refractivity contribution is -0.139. The Balaban J connectivity index is 4.02. The van der Waals surface area contributed by atoms with Crippen molar-refractivity contribution in [3.05, 3.63) is 11.5 Å². The Labute approximate surface area is 203 Å². The van der Waals surface area contributed by atoms with E-state index >= 15 is 0 Å². The Hall–Kier alpha value is -1.43. The third kappa shape index (κ3) is 15.5. The van der Waals surface area contributed by atoms with Crippen LogP contribution < -0.4 is 5.73 Å². The van der Waals surface area contributed by atoms with Crippen LogP contribution in [0.25, 0.3) is 0 Å². The molecule has 0 aromatic carbocycles. The van der Waals surface area contributed by atoms with E-state index in [0.717, 1.165) is 25.7 Å². The van der Waals surface area contributed by atoms with Crippen molar-refractivity contribution in [2.24, 2.45) is 5.73 Å². The lowest BCUT2D eigenvalue weighted by atomic mass is 10.00. The SMILES string of the molecule is CCCCCCCCCCCCCC[C@@H](O)[C@@H](O)[C@@H](N)COC(O)/C(O)=C(\O)C(O)CC(=O)O. The molecule has 0 aliphatic carbocycles. The molecular formula is C24H47NO9. The number of nitrogens with two attached hydrogens (primary N) is 1. The van der Waals surface area contributed by atoms with E-state index in [-0.39, 0.29) is 0 Å². The number of carboxylic acids is 1. The number of rotatable bonds is 22. The van der Waals surface area contributed by atoms with Crippen molar-refractivity contribution < 1.29 is 45.3 Å². The summed E-state index contributed by atoms with van der Waals surface area (Å²) in [7, 11) is 0. The van der Waals surface area contributed by atoms with E-state index in [1.165, 1.54) is 51.4 Å². The Bertz CT molecular complexity index is 559. The first kappa shape index (κ1) is 32.6. The Morgan fingerprint density at radius 3 is 1.71 bits per heavy atom. The maximum atomic E-state index is 10.5. The molecule has 5 atom stereocenters. The van der Waals surface area contributed by atoms with Crippen LogP contribution in [-0.4, -0.2) is 79.0 Å². The molecule has 0 spiro atoms. The van der Waals surface area contributed by atoms with Crippen molar-refractivity contribution in [2.45, 2.75) is 127 Å². The highest BCUT2D eigenvalue weighted by Gasteiger charge is 2.27. The number of hydrogen-bond acceptors (Lipinski definition) is 9. The van der Waals surface area contributed by atoms with Crippen LogP contribution in [-0.2, 0) is 9.53 Å². The van der Waals surface area contributed by atoms with E-state index in [9.17, 15) is 35.4 Å². The van der Waals surface area contributed by atoms with Crippen LogP contribution in [0.5, 0.6) is 0 Å². The summed E-state index contributed by atoms with van der Waals surface area (Å²) in [6.45, 7) is 1.75. The lowest BCUT2D eigenvalue weighted by Crippen LogP contribution is -2.46. The van der Waals surface area contributed by atoms with Gasteiger partial charge in [0, 0.05) is 0 Å². The number of aliphatic carboxylic acids is 1. The quantitative estimate of drug-likeness (QED) is 0.0631. The van der Waals surface area contributed by atoms with Gasteiger partial charge in [-0.15, -0.1) is 0 Å². The average Bonchev–Trinajstić information content (AvgIpc) is 2.80. The fraction of sp³-hybridized carbons (Fsp3) is 0.875. The van der Waals surface area contributed by atoms with Crippen LogP contribution in [0.15, 0.2) is 11.5 Å². The zero-order chi connectivity index (χ0) is 25.9. The molecule has 0 aromatic heterocycles. The fourth-order valence-electron chi connectivity index (χ4n) is 3.59. The molecule has 10 heteroatoms. The molecule has 0 saturated heterocycles. The monoisotopic (exact) mass is 493 g/mol. The minimum absolute atomic E-state index is 0.363. The minimum Gasteiger partial charge on any atom is -0.506 e. The maximum absolute atomic E-state index is 10.5. The Morgan fingerprint density at radius 2 is 1.24 bits per heavy atom. The van der Waals surface area contributed by atoms with E-state index in [2.05, 4.69) is 6.92 Å². The molecule has 0 heterocycles. The largest absolute Gasteiger partial charge is 0.506 e. The van der Waals surface area contributed by atoms with Gasteiger partial charge >= 0.3 is 5.97 Å². The predicted octanol–water partition coefficient (Wildman–Crippen LogP) is 2.62. The number of ether oxygens (including phenoxy) is 1. The van der Waals surface area contributed by atoms with Gasteiger partial charge in [0.05, 0.1) is 31.3 Å². The Kier molecular flexibility index (Phi) is 19.0. The summed E-state index contributed by atoms with van der Waals surface area (Å²) in [6.07, 6.45) is 7.33. The van der Waals surface area contributed by atoms with Gasteiger partial charge in [-0.2, -0.15) is 0 Å². The average molecular weight is 494 g/mol. The topological polar surface area (TPSA) is 194 Å². The molecule has 0 aromatic rings. The molecule has 202 valence electrons. The molecule has 0 aliphatic heterocycles. The fourth-order valence-corrected chi connectivity index (χ4v) is 3.59. The highest BCUT2D eigenvalue weighted by molar-refractivity contribution is 5.67. The molecule has 0 aliphatic rings. The summed E-state index contributed by atoms with van der Waals surface area (Å²) < 4.78 is 4.86. The summed E-state index contributed by atoms with van der Waals surface area (Å²) >= 11 is 0. The number of unbranched alkanes of at least 4 members (excludes halogenated alkanes) is 11. The van der Waals surface area contributed by atoms with Gasteiger partial charge in [-0.1, -0.05) is 84.0 Å². The first-order valence-corrected chi connectivity index (χ1v) is 12.5. The van der Waals surface area contributed by atoms with Gasteiger partial charge in [0.25, 0.3) is 0 Å². The van der Waals surface area contributed by atoms with Crippen LogP contribution >= 0.6 is 0 Å². The second-order valence-electron chi connectivity index (χ2n) is 8.97. The van der Waals surface area contributed by atoms with Gasteiger partial charge < -0.3 is 46.2 Å². The third-order valence-electron chi connectivity index (χ3n) is 5.81. The number of carboxylic acid groups (broad SMARTS) is 1. The van der Waals surface area contributed by atoms with Gasteiger partial charge in [-0.25, -0.2) is 0 Å². The second kappa shape index (κ2) is 19.8. The minimum atomic E-state index is -2.09. The summed E-state index contributed by atoms with van der Waals surface area (Å²) in [5.41, 5.74) is 5.77. The van der Waals surface area contributed by atoms with Crippen LogP contribution in [0.2, 0.25) is 0 Å². The van der Waals surface area contributed by atoms with Crippen LogP contribution in [0, 0.1) is 0 Å². The van der Waals surface area contributed by atoms with Crippen LogP contribution in [0.1, 0.15) is 96.8 Å². The molecule has 0 amide bonds. The van der Waals surface area contributed by atoms with Gasteiger partial charge in [0.15, 0.2) is 11.5 Å². The van der Waals surface area contributed by atoms with Crippen molar-refractivity contribution in [2.75, 3.05) is 6.61 Å². The van der Waals surface area contributed by atoms with Gasteiger partial charge in [0.2, 0.25) is 6.29 Å². The third-order valence-corrected chi connectivity index (χ3v) is 5.81. The van der Waals surface area contributed by atoms with E-state index in [0.29, 0.717) is 6.42 Å². The predicted molar refractivity (Wildman–Crippen MR) is 128 cm³/mol. The molecule has 10 nitrogen and oxygen atoms in total. The van der Waals surface area contributed by atoms with Gasteiger partial charge in [-0.05, 0) is 6.42 Å². The molecule has 0 saturated carbocycles. The van der Waals surface area contributed by atoms with Crippen molar-refractivity contribution in [1.82, 2.24) is 0 Å². The Morgan fingerprint density at radius 1 is 0.765 bits per heavy atom. The van der Waals surface area contributed by atoms with E-state index < -0.39 is 61.2 Å². The van der Waals surface area contributed by atoms with E-state index in [4.69, 9.17) is 15.6 Å². The highest BCUT2D eigenvalue weighted by atomic mass is 16.6. The zero-order valence-corrected chi connectivity index (χ0v) is 20.5. The van der Waals surface area contributed by atoms with Crippen molar-refractivity contribution >= 4 is 5.97 Å². The molecule has 34 heavy (non-hydrogen) atoms. The number of aliphatic hydroxyl groups is 6. The zero-order valence-electron chi connectivity index (χ0n) is 20.5. The van der Waals surface area contributed by atoms with Crippen molar-refractivity contribution in [3.8, 4) is 0 Å². The van der Waals surface area contributed by atoms with Gasteiger partial charge in [-0.3, -0.25) is 4.79 Å². The normalized spacial score (nSPS) is 17.0.